The number of carbonyl (C=O) groups is 2. The molecular formula is C22H27ClN2O3. The van der Waals surface area contributed by atoms with Crippen LogP contribution in [-0.2, 0) is 16.1 Å². The van der Waals surface area contributed by atoms with Gasteiger partial charge in [-0.2, -0.15) is 0 Å². The molecule has 0 fully saturated rings. The molecule has 0 bridgehead atoms. The Hall–Kier alpha value is -2.53. The van der Waals surface area contributed by atoms with Crippen LogP contribution in [0.1, 0.15) is 30.0 Å². The molecular weight excluding hydrogens is 376 g/mol. The van der Waals surface area contributed by atoms with Crippen LogP contribution in [0.25, 0.3) is 0 Å². The second-order valence-corrected chi connectivity index (χ2v) is 7.08. The third-order valence-corrected chi connectivity index (χ3v) is 5.20. The molecule has 5 nitrogen and oxygen atoms in total. The molecule has 2 aromatic carbocycles. The van der Waals surface area contributed by atoms with E-state index in [1.807, 2.05) is 51.1 Å². The minimum atomic E-state index is -0.560. The van der Waals surface area contributed by atoms with Crippen LogP contribution >= 0.6 is 11.6 Å². The fraction of sp³-hybridized carbons (Fsp3) is 0.364. The summed E-state index contributed by atoms with van der Waals surface area (Å²) in [4.78, 5) is 26.9. The van der Waals surface area contributed by atoms with Crippen molar-refractivity contribution in [1.82, 2.24) is 10.2 Å². The molecule has 1 N–H and O–H groups in total. The number of hydrogen-bond donors (Lipinski definition) is 1. The molecule has 1 atom stereocenters. The molecule has 2 amide bonds. The Morgan fingerprint density at radius 3 is 2.29 bits per heavy atom. The number of halogens is 1. The molecule has 0 saturated carbocycles. The van der Waals surface area contributed by atoms with Crippen LogP contribution in [0.3, 0.4) is 0 Å². The lowest BCUT2D eigenvalue weighted by Crippen LogP contribution is -2.49. The van der Waals surface area contributed by atoms with Gasteiger partial charge < -0.3 is 15.0 Å². The zero-order chi connectivity index (χ0) is 20.7. The second-order valence-electron chi connectivity index (χ2n) is 6.71. The highest BCUT2D eigenvalue weighted by atomic mass is 35.5. The van der Waals surface area contributed by atoms with Crippen molar-refractivity contribution in [3.63, 3.8) is 0 Å². The summed E-state index contributed by atoms with van der Waals surface area (Å²) in [5, 5.41) is 3.33. The van der Waals surface area contributed by atoms with E-state index >= 15 is 0 Å². The maximum Gasteiger partial charge on any atom is 0.261 e. The molecule has 28 heavy (non-hydrogen) atoms. The van der Waals surface area contributed by atoms with Crippen LogP contribution in [0.5, 0.6) is 5.75 Å². The van der Waals surface area contributed by atoms with E-state index in [1.54, 1.807) is 24.1 Å². The summed E-state index contributed by atoms with van der Waals surface area (Å²) in [6, 6.07) is 12.7. The smallest absolute Gasteiger partial charge is 0.261 e. The number of hydrogen-bond acceptors (Lipinski definition) is 3. The molecule has 0 radical (unpaired) electrons. The maximum atomic E-state index is 13.0. The van der Waals surface area contributed by atoms with E-state index in [0.29, 0.717) is 23.7 Å². The number of amides is 2. The van der Waals surface area contributed by atoms with E-state index in [9.17, 15) is 9.59 Å². The number of ether oxygens (including phenoxy) is 1. The molecule has 0 aliphatic carbocycles. The van der Waals surface area contributed by atoms with Gasteiger partial charge in [-0.25, -0.2) is 0 Å². The summed E-state index contributed by atoms with van der Waals surface area (Å²) >= 11 is 6.19. The zero-order valence-electron chi connectivity index (χ0n) is 16.8. The highest BCUT2D eigenvalue weighted by molar-refractivity contribution is 6.32. The summed E-state index contributed by atoms with van der Waals surface area (Å²) in [5.74, 6) is 0.148. The second kappa shape index (κ2) is 10.1. The summed E-state index contributed by atoms with van der Waals surface area (Å²) in [5.41, 5.74) is 2.74. The van der Waals surface area contributed by atoms with Crippen LogP contribution in [0.15, 0.2) is 42.5 Å². The Kier molecular flexibility index (Phi) is 7.88. The molecule has 0 saturated heterocycles. The SMILES string of the molecule is CCC(C(=O)NC)N(Cc1ccccc1)C(=O)COc1cc(C)c(Cl)c(C)c1. The monoisotopic (exact) mass is 402 g/mol. The van der Waals surface area contributed by atoms with E-state index in [2.05, 4.69) is 5.32 Å². The van der Waals surface area contributed by atoms with E-state index in [1.165, 1.54) is 0 Å². The molecule has 6 heteroatoms. The van der Waals surface area contributed by atoms with Crippen molar-refractivity contribution in [1.29, 1.82) is 0 Å². The summed E-state index contributed by atoms with van der Waals surface area (Å²) < 4.78 is 5.73. The molecule has 0 heterocycles. The fourth-order valence-electron chi connectivity index (χ4n) is 3.08. The largest absolute Gasteiger partial charge is 0.484 e. The van der Waals surface area contributed by atoms with Gasteiger partial charge in [-0.05, 0) is 49.1 Å². The fourth-order valence-corrected chi connectivity index (χ4v) is 3.19. The van der Waals surface area contributed by atoms with Gasteiger partial charge in [0.15, 0.2) is 6.61 Å². The highest BCUT2D eigenvalue weighted by Gasteiger charge is 2.28. The Morgan fingerprint density at radius 2 is 1.75 bits per heavy atom. The first-order chi connectivity index (χ1) is 13.4. The van der Waals surface area contributed by atoms with Gasteiger partial charge in [0.1, 0.15) is 11.8 Å². The number of carbonyl (C=O) groups excluding carboxylic acids is 2. The number of likely N-dealkylation sites (N-methyl/N-ethyl adjacent to an activating group) is 1. The van der Waals surface area contributed by atoms with Gasteiger partial charge in [-0.15, -0.1) is 0 Å². The molecule has 2 aromatic rings. The quantitative estimate of drug-likeness (QED) is 0.728. The van der Waals surface area contributed by atoms with E-state index in [4.69, 9.17) is 16.3 Å². The number of nitrogens with one attached hydrogen (secondary N) is 1. The molecule has 0 aromatic heterocycles. The van der Waals surface area contributed by atoms with Gasteiger partial charge in [0.05, 0.1) is 0 Å². The van der Waals surface area contributed by atoms with Crippen molar-refractivity contribution >= 4 is 23.4 Å². The normalized spacial score (nSPS) is 11.6. The van der Waals surface area contributed by atoms with Crippen molar-refractivity contribution in [3.05, 3.63) is 64.2 Å². The predicted molar refractivity (Wildman–Crippen MR) is 112 cm³/mol. The van der Waals surface area contributed by atoms with Crippen molar-refractivity contribution in [2.24, 2.45) is 0 Å². The van der Waals surface area contributed by atoms with Crippen molar-refractivity contribution in [2.45, 2.75) is 39.8 Å². The summed E-state index contributed by atoms with van der Waals surface area (Å²) in [6.45, 7) is 5.86. The average molecular weight is 403 g/mol. The maximum absolute atomic E-state index is 13.0. The van der Waals surface area contributed by atoms with Crippen LogP contribution in [0.4, 0.5) is 0 Å². The Balaban J connectivity index is 2.19. The molecule has 0 spiro atoms. The van der Waals surface area contributed by atoms with E-state index in [0.717, 1.165) is 16.7 Å². The van der Waals surface area contributed by atoms with Crippen molar-refractivity contribution in [2.75, 3.05) is 13.7 Å². The van der Waals surface area contributed by atoms with Gasteiger partial charge in [0, 0.05) is 18.6 Å². The number of rotatable bonds is 8. The minimum absolute atomic E-state index is 0.152. The Labute approximate surface area is 171 Å². The van der Waals surface area contributed by atoms with Gasteiger partial charge >= 0.3 is 0 Å². The van der Waals surface area contributed by atoms with Crippen molar-refractivity contribution in [3.8, 4) is 5.75 Å². The number of benzene rings is 2. The standard InChI is InChI=1S/C22H27ClN2O3/c1-5-19(22(27)24-4)25(13-17-9-7-6-8-10-17)20(26)14-28-18-11-15(2)21(23)16(3)12-18/h6-12,19H,5,13-14H2,1-4H3,(H,24,27). The lowest BCUT2D eigenvalue weighted by molar-refractivity contribution is -0.142. The van der Waals surface area contributed by atoms with Crippen LogP contribution in [0.2, 0.25) is 5.02 Å². The third-order valence-electron chi connectivity index (χ3n) is 4.60. The molecule has 0 aliphatic rings. The molecule has 150 valence electrons. The zero-order valence-corrected chi connectivity index (χ0v) is 17.5. The summed E-state index contributed by atoms with van der Waals surface area (Å²) in [7, 11) is 1.58. The Bertz CT molecular complexity index is 801. The number of nitrogens with zero attached hydrogens (tertiary/aromatic N) is 1. The molecule has 2 rings (SSSR count). The Morgan fingerprint density at radius 1 is 1.14 bits per heavy atom. The van der Waals surface area contributed by atoms with Crippen molar-refractivity contribution < 1.29 is 14.3 Å². The van der Waals surface area contributed by atoms with Gasteiger partial charge in [-0.3, -0.25) is 9.59 Å². The average Bonchev–Trinajstić information content (AvgIpc) is 2.70. The molecule has 0 aliphatic heterocycles. The lowest BCUT2D eigenvalue weighted by atomic mass is 10.1. The number of aryl methyl sites for hydroxylation is 2. The van der Waals surface area contributed by atoms with E-state index < -0.39 is 6.04 Å². The first kappa shape index (κ1) is 21.8. The van der Waals surface area contributed by atoms with Gasteiger partial charge in [-0.1, -0.05) is 48.9 Å². The third kappa shape index (κ3) is 5.49. The van der Waals surface area contributed by atoms with Crippen LogP contribution in [-0.4, -0.2) is 36.4 Å². The first-order valence-electron chi connectivity index (χ1n) is 9.31. The molecule has 1 unspecified atom stereocenters. The van der Waals surface area contributed by atoms with Gasteiger partial charge in [0.2, 0.25) is 5.91 Å². The predicted octanol–water partition coefficient (Wildman–Crippen LogP) is 3.89. The summed E-state index contributed by atoms with van der Waals surface area (Å²) in [6.07, 6.45) is 0.511. The van der Waals surface area contributed by atoms with Gasteiger partial charge in [0.25, 0.3) is 5.91 Å². The highest BCUT2D eigenvalue weighted by Crippen LogP contribution is 2.26. The minimum Gasteiger partial charge on any atom is -0.484 e. The lowest BCUT2D eigenvalue weighted by Gasteiger charge is -2.30. The van der Waals surface area contributed by atoms with E-state index in [-0.39, 0.29) is 18.4 Å². The van der Waals surface area contributed by atoms with Crippen LogP contribution in [0, 0.1) is 13.8 Å². The first-order valence-corrected chi connectivity index (χ1v) is 9.69. The topological polar surface area (TPSA) is 58.6 Å². The van der Waals surface area contributed by atoms with Crippen LogP contribution < -0.4 is 10.1 Å².